The quantitative estimate of drug-likeness (QED) is 0.688. The van der Waals surface area contributed by atoms with E-state index in [-0.39, 0.29) is 18.4 Å². The molecule has 1 unspecified atom stereocenters. The molecule has 6 nitrogen and oxygen atoms in total. The van der Waals surface area contributed by atoms with E-state index in [9.17, 15) is 9.59 Å². The van der Waals surface area contributed by atoms with Crippen molar-refractivity contribution < 1.29 is 19.4 Å². The van der Waals surface area contributed by atoms with Crippen molar-refractivity contribution in [1.82, 2.24) is 9.80 Å². The summed E-state index contributed by atoms with van der Waals surface area (Å²) in [5, 5.41) is 8.74. The third-order valence-corrected chi connectivity index (χ3v) is 2.41. The summed E-state index contributed by atoms with van der Waals surface area (Å²) >= 11 is 0. The number of likely N-dealkylation sites (N-methyl/N-ethyl adjacent to an activating group) is 1. The second-order valence-electron chi connectivity index (χ2n) is 4.15. The highest BCUT2D eigenvalue weighted by molar-refractivity contribution is 5.79. The standard InChI is InChI=1S/C10H18N2O4/c1-11(2)6-9(13)12-3-4-16-7-8(12)5-10(14)15/h8H,3-7H2,1-2H3,(H,14,15). The molecule has 0 aromatic rings. The maximum Gasteiger partial charge on any atom is 0.305 e. The molecule has 1 aliphatic rings. The van der Waals surface area contributed by atoms with Crippen molar-refractivity contribution in [2.45, 2.75) is 12.5 Å². The fourth-order valence-corrected chi connectivity index (χ4v) is 1.72. The Kier molecular flexibility index (Phi) is 4.70. The van der Waals surface area contributed by atoms with E-state index in [1.807, 2.05) is 14.1 Å². The van der Waals surface area contributed by atoms with Gasteiger partial charge in [0.1, 0.15) is 0 Å². The van der Waals surface area contributed by atoms with Gasteiger partial charge in [-0.2, -0.15) is 0 Å². The highest BCUT2D eigenvalue weighted by atomic mass is 16.5. The van der Waals surface area contributed by atoms with Gasteiger partial charge in [-0.1, -0.05) is 0 Å². The van der Waals surface area contributed by atoms with Crippen LogP contribution in [-0.4, -0.2) is 73.2 Å². The molecule has 0 saturated carbocycles. The number of aliphatic carboxylic acids is 1. The molecule has 0 radical (unpaired) electrons. The van der Waals surface area contributed by atoms with Crippen LogP contribution >= 0.6 is 0 Å². The summed E-state index contributed by atoms with van der Waals surface area (Å²) in [4.78, 5) is 25.9. The summed E-state index contributed by atoms with van der Waals surface area (Å²) in [6, 6.07) is -0.335. The van der Waals surface area contributed by atoms with Crippen LogP contribution in [0.4, 0.5) is 0 Å². The van der Waals surface area contributed by atoms with Crippen LogP contribution in [0.2, 0.25) is 0 Å². The van der Waals surface area contributed by atoms with Crippen LogP contribution in [0.5, 0.6) is 0 Å². The monoisotopic (exact) mass is 230 g/mol. The van der Waals surface area contributed by atoms with Crippen LogP contribution in [0.25, 0.3) is 0 Å². The molecule has 1 rings (SSSR count). The first-order valence-corrected chi connectivity index (χ1v) is 5.24. The minimum Gasteiger partial charge on any atom is -0.481 e. The fraction of sp³-hybridized carbons (Fsp3) is 0.800. The minimum absolute atomic E-state index is 0.0421. The second kappa shape index (κ2) is 5.81. The van der Waals surface area contributed by atoms with Crippen molar-refractivity contribution in [2.75, 3.05) is 40.4 Å². The van der Waals surface area contributed by atoms with E-state index >= 15 is 0 Å². The van der Waals surface area contributed by atoms with E-state index in [0.717, 1.165) is 0 Å². The number of carboxylic acid groups (broad SMARTS) is 1. The first-order chi connectivity index (χ1) is 7.50. The van der Waals surface area contributed by atoms with E-state index in [1.165, 1.54) is 0 Å². The van der Waals surface area contributed by atoms with Crippen LogP contribution in [0.1, 0.15) is 6.42 Å². The Morgan fingerprint density at radius 3 is 2.75 bits per heavy atom. The van der Waals surface area contributed by atoms with Gasteiger partial charge in [0.15, 0.2) is 0 Å². The topological polar surface area (TPSA) is 70.1 Å². The Morgan fingerprint density at radius 2 is 2.19 bits per heavy atom. The first kappa shape index (κ1) is 12.9. The predicted octanol–water partition coefficient (Wildman–Crippen LogP) is -0.750. The van der Waals surface area contributed by atoms with Gasteiger partial charge in [-0.15, -0.1) is 0 Å². The number of hydrogen-bond acceptors (Lipinski definition) is 4. The van der Waals surface area contributed by atoms with Gasteiger partial charge in [0, 0.05) is 6.54 Å². The molecule has 0 aromatic heterocycles. The van der Waals surface area contributed by atoms with Crippen LogP contribution in [0.15, 0.2) is 0 Å². The van der Waals surface area contributed by atoms with Gasteiger partial charge >= 0.3 is 5.97 Å². The van der Waals surface area contributed by atoms with Crippen LogP contribution in [0, 0.1) is 0 Å². The van der Waals surface area contributed by atoms with Gasteiger partial charge in [0.2, 0.25) is 5.91 Å². The summed E-state index contributed by atoms with van der Waals surface area (Å²) in [6.07, 6.45) is -0.0564. The zero-order valence-corrected chi connectivity index (χ0v) is 9.68. The molecular weight excluding hydrogens is 212 g/mol. The molecule has 1 heterocycles. The molecule has 6 heteroatoms. The van der Waals surface area contributed by atoms with Crippen molar-refractivity contribution in [3.05, 3.63) is 0 Å². The zero-order chi connectivity index (χ0) is 12.1. The summed E-state index contributed by atoms with van der Waals surface area (Å²) < 4.78 is 5.20. The van der Waals surface area contributed by atoms with Gasteiger partial charge in [-0.05, 0) is 14.1 Å². The second-order valence-corrected chi connectivity index (χ2v) is 4.15. The van der Waals surface area contributed by atoms with Crippen molar-refractivity contribution in [3.63, 3.8) is 0 Å². The van der Waals surface area contributed by atoms with E-state index in [0.29, 0.717) is 26.3 Å². The maximum atomic E-state index is 11.8. The lowest BCUT2D eigenvalue weighted by molar-refractivity contribution is -0.146. The molecule has 0 aromatic carbocycles. The van der Waals surface area contributed by atoms with Crippen LogP contribution in [0.3, 0.4) is 0 Å². The lowest BCUT2D eigenvalue weighted by Crippen LogP contribution is -2.51. The molecule has 16 heavy (non-hydrogen) atoms. The number of ether oxygens (including phenoxy) is 1. The van der Waals surface area contributed by atoms with E-state index in [4.69, 9.17) is 9.84 Å². The Labute approximate surface area is 94.8 Å². The number of carbonyl (C=O) groups excluding carboxylic acids is 1. The molecule has 1 fully saturated rings. The molecular formula is C10H18N2O4. The van der Waals surface area contributed by atoms with Gasteiger partial charge in [0.25, 0.3) is 0 Å². The summed E-state index contributed by atoms with van der Waals surface area (Å²) in [7, 11) is 3.62. The largest absolute Gasteiger partial charge is 0.481 e. The van der Waals surface area contributed by atoms with Crippen molar-refractivity contribution in [3.8, 4) is 0 Å². The zero-order valence-electron chi connectivity index (χ0n) is 9.68. The van der Waals surface area contributed by atoms with Crippen molar-refractivity contribution >= 4 is 11.9 Å². The van der Waals surface area contributed by atoms with Crippen LogP contribution in [-0.2, 0) is 14.3 Å². The lowest BCUT2D eigenvalue weighted by Gasteiger charge is -2.35. The molecule has 0 aliphatic carbocycles. The first-order valence-electron chi connectivity index (χ1n) is 5.24. The van der Waals surface area contributed by atoms with E-state index in [1.54, 1.807) is 9.80 Å². The summed E-state index contributed by atoms with van der Waals surface area (Å²) in [5.41, 5.74) is 0. The maximum absolute atomic E-state index is 11.8. The number of nitrogens with zero attached hydrogens (tertiary/aromatic N) is 2. The number of carboxylic acids is 1. The van der Waals surface area contributed by atoms with Crippen molar-refractivity contribution in [2.24, 2.45) is 0 Å². The molecule has 1 N–H and O–H groups in total. The summed E-state index contributed by atoms with van der Waals surface area (Å²) in [6.45, 7) is 1.57. The molecule has 0 bridgehead atoms. The third-order valence-electron chi connectivity index (χ3n) is 2.41. The highest BCUT2D eigenvalue weighted by Crippen LogP contribution is 2.11. The molecule has 1 aliphatic heterocycles. The average molecular weight is 230 g/mol. The number of hydrogen-bond donors (Lipinski definition) is 1. The molecule has 1 amide bonds. The Balaban J connectivity index is 2.58. The average Bonchev–Trinajstić information content (AvgIpc) is 2.16. The highest BCUT2D eigenvalue weighted by Gasteiger charge is 2.28. The van der Waals surface area contributed by atoms with Gasteiger partial charge in [-0.3, -0.25) is 9.59 Å². The van der Waals surface area contributed by atoms with Crippen molar-refractivity contribution in [1.29, 1.82) is 0 Å². The van der Waals surface area contributed by atoms with Gasteiger partial charge < -0.3 is 19.6 Å². The predicted molar refractivity (Wildman–Crippen MR) is 57.1 cm³/mol. The smallest absolute Gasteiger partial charge is 0.305 e. The number of rotatable bonds is 4. The SMILES string of the molecule is CN(C)CC(=O)N1CCOCC1CC(=O)O. The molecule has 1 atom stereocenters. The number of morpholine rings is 1. The number of amides is 1. The molecule has 0 spiro atoms. The Bertz CT molecular complexity index is 268. The molecule has 1 saturated heterocycles. The molecule has 92 valence electrons. The Hall–Kier alpha value is -1.14. The summed E-state index contributed by atoms with van der Waals surface area (Å²) in [5.74, 6) is -0.947. The van der Waals surface area contributed by atoms with Gasteiger partial charge in [0.05, 0.1) is 32.2 Å². The Morgan fingerprint density at radius 1 is 1.50 bits per heavy atom. The van der Waals surface area contributed by atoms with Gasteiger partial charge in [-0.25, -0.2) is 0 Å². The minimum atomic E-state index is -0.904. The lowest BCUT2D eigenvalue weighted by atomic mass is 10.1. The number of carbonyl (C=O) groups is 2. The van der Waals surface area contributed by atoms with E-state index in [2.05, 4.69) is 0 Å². The van der Waals surface area contributed by atoms with E-state index < -0.39 is 5.97 Å². The third kappa shape index (κ3) is 3.79. The fourth-order valence-electron chi connectivity index (χ4n) is 1.72. The normalized spacial score (nSPS) is 21.2. The van der Waals surface area contributed by atoms with Crippen LogP contribution < -0.4 is 0 Å².